The van der Waals surface area contributed by atoms with Crippen LogP contribution in [-0.4, -0.2) is 20.9 Å². The molecule has 0 amide bonds. The molecule has 1 aliphatic rings. The predicted molar refractivity (Wildman–Crippen MR) is 84.1 cm³/mol. The van der Waals surface area contributed by atoms with Gasteiger partial charge in [-0.1, -0.05) is 19.1 Å². The van der Waals surface area contributed by atoms with Crippen molar-refractivity contribution in [2.24, 2.45) is 11.7 Å². The Morgan fingerprint density at radius 3 is 2.81 bits per heavy atom. The Morgan fingerprint density at radius 1 is 1.43 bits per heavy atom. The molecule has 2 aromatic rings. The lowest BCUT2D eigenvalue weighted by Gasteiger charge is -2.22. The van der Waals surface area contributed by atoms with Gasteiger partial charge < -0.3 is 10.3 Å². The molecule has 1 unspecified atom stereocenters. The number of nitrogens with two attached hydrogens (primary N) is 1. The summed E-state index contributed by atoms with van der Waals surface area (Å²) in [5.41, 5.74) is 7.61. The number of nitrogens with zero attached hydrogens (tertiary/aromatic N) is 2. The molecule has 2 N–H and O–H groups in total. The summed E-state index contributed by atoms with van der Waals surface area (Å²) in [5.74, 6) is 1.31. The largest absolute Gasteiger partial charge is 0.328 e. The number of imidazole rings is 1. The van der Waals surface area contributed by atoms with Gasteiger partial charge in [-0.2, -0.15) is 0 Å². The summed E-state index contributed by atoms with van der Waals surface area (Å²) < 4.78 is 2.16. The minimum Gasteiger partial charge on any atom is -0.328 e. The number of carbonyl (C=O) groups is 1. The highest BCUT2D eigenvalue weighted by molar-refractivity contribution is 5.90. The number of Topliss-reactive ketones (excluding diaryl/α,β-unsaturated/α-hetero) is 1. The van der Waals surface area contributed by atoms with Gasteiger partial charge in [0.15, 0.2) is 5.78 Å². The Kier molecular flexibility index (Phi) is 3.57. The van der Waals surface area contributed by atoms with E-state index in [1.54, 1.807) is 0 Å². The summed E-state index contributed by atoms with van der Waals surface area (Å²) in [6.07, 6.45) is 3.50. The van der Waals surface area contributed by atoms with Crippen molar-refractivity contribution in [3.63, 3.8) is 0 Å². The Morgan fingerprint density at radius 2 is 2.14 bits per heavy atom. The topological polar surface area (TPSA) is 60.9 Å². The van der Waals surface area contributed by atoms with Crippen LogP contribution in [0.1, 0.15) is 38.9 Å². The second-order valence-corrected chi connectivity index (χ2v) is 6.33. The fourth-order valence-corrected chi connectivity index (χ4v) is 2.98. The summed E-state index contributed by atoms with van der Waals surface area (Å²) in [6.45, 7) is 4.89. The third-order valence-corrected chi connectivity index (χ3v) is 4.53. The number of hydrogen-bond donors (Lipinski definition) is 1. The molecule has 0 saturated heterocycles. The third-order valence-electron chi connectivity index (χ3n) is 4.53. The van der Waals surface area contributed by atoms with E-state index in [4.69, 9.17) is 5.73 Å². The number of fused-ring (bicyclic) bond motifs is 1. The van der Waals surface area contributed by atoms with Crippen LogP contribution >= 0.6 is 0 Å². The van der Waals surface area contributed by atoms with Gasteiger partial charge in [0, 0.05) is 6.54 Å². The molecule has 1 saturated carbocycles. The minimum absolute atomic E-state index is 0.109. The van der Waals surface area contributed by atoms with Crippen molar-refractivity contribution in [1.82, 2.24) is 9.55 Å². The minimum atomic E-state index is -0.699. The van der Waals surface area contributed by atoms with Gasteiger partial charge in [0.1, 0.15) is 5.82 Å². The maximum Gasteiger partial charge on any atom is 0.160 e. The summed E-state index contributed by atoms with van der Waals surface area (Å²) in [4.78, 5) is 17.2. The average molecular weight is 285 g/mol. The van der Waals surface area contributed by atoms with E-state index in [-0.39, 0.29) is 5.78 Å². The zero-order chi connectivity index (χ0) is 15.0. The highest BCUT2D eigenvalue weighted by Crippen LogP contribution is 2.39. The number of rotatable bonds is 6. The molecule has 1 aromatic heterocycles. The molecule has 0 aliphatic heterocycles. The molecule has 1 aromatic carbocycles. The van der Waals surface area contributed by atoms with Crippen LogP contribution in [0.15, 0.2) is 24.3 Å². The zero-order valence-electron chi connectivity index (χ0n) is 12.8. The van der Waals surface area contributed by atoms with Crippen molar-refractivity contribution in [1.29, 1.82) is 0 Å². The maximum atomic E-state index is 12.6. The van der Waals surface area contributed by atoms with E-state index in [0.717, 1.165) is 42.7 Å². The highest BCUT2D eigenvalue weighted by atomic mass is 16.1. The third kappa shape index (κ3) is 2.60. The molecular formula is C17H23N3O. The van der Waals surface area contributed by atoms with Gasteiger partial charge in [0.05, 0.1) is 23.0 Å². The van der Waals surface area contributed by atoms with Crippen LogP contribution in [-0.2, 0) is 17.8 Å². The van der Waals surface area contributed by atoms with Gasteiger partial charge in [-0.15, -0.1) is 0 Å². The Bertz CT molecular complexity index is 668. The summed E-state index contributed by atoms with van der Waals surface area (Å²) in [6, 6.07) is 8.06. The molecule has 0 spiro atoms. The molecule has 1 atom stereocenters. The van der Waals surface area contributed by atoms with Crippen LogP contribution in [0.5, 0.6) is 0 Å². The van der Waals surface area contributed by atoms with Gasteiger partial charge in [0.25, 0.3) is 0 Å². The second-order valence-electron chi connectivity index (χ2n) is 6.33. The number of ketones is 1. The number of benzene rings is 1. The first kappa shape index (κ1) is 14.3. The number of para-hydroxylation sites is 2. The van der Waals surface area contributed by atoms with E-state index in [9.17, 15) is 4.79 Å². The van der Waals surface area contributed by atoms with E-state index in [1.807, 2.05) is 25.1 Å². The Hall–Kier alpha value is -1.68. The molecule has 1 heterocycles. The lowest BCUT2D eigenvalue weighted by Crippen LogP contribution is -2.48. The predicted octanol–water partition coefficient (Wildman–Crippen LogP) is 2.69. The van der Waals surface area contributed by atoms with Gasteiger partial charge in [-0.25, -0.2) is 4.98 Å². The quantitative estimate of drug-likeness (QED) is 0.887. The first-order valence-electron chi connectivity index (χ1n) is 7.80. The Balaban J connectivity index is 1.92. The van der Waals surface area contributed by atoms with E-state index in [2.05, 4.69) is 22.5 Å². The van der Waals surface area contributed by atoms with Crippen molar-refractivity contribution >= 4 is 16.8 Å². The van der Waals surface area contributed by atoms with Crippen molar-refractivity contribution in [3.05, 3.63) is 30.1 Å². The van der Waals surface area contributed by atoms with Crippen molar-refractivity contribution in [3.8, 4) is 0 Å². The summed E-state index contributed by atoms with van der Waals surface area (Å²) >= 11 is 0. The molecule has 1 aliphatic carbocycles. The molecule has 0 bridgehead atoms. The van der Waals surface area contributed by atoms with Crippen molar-refractivity contribution in [2.45, 2.75) is 51.6 Å². The first-order chi connectivity index (χ1) is 10.0. The highest BCUT2D eigenvalue weighted by Gasteiger charge is 2.43. The van der Waals surface area contributed by atoms with Crippen LogP contribution in [0.25, 0.3) is 11.0 Å². The molecule has 4 heteroatoms. The molecule has 3 rings (SSSR count). The van der Waals surface area contributed by atoms with Crippen molar-refractivity contribution in [2.75, 3.05) is 0 Å². The van der Waals surface area contributed by atoms with Gasteiger partial charge in [-0.3, -0.25) is 4.79 Å². The van der Waals surface area contributed by atoms with E-state index < -0.39 is 5.54 Å². The molecular weight excluding hydrogens is 262 g/mol. The molecule has 21 heavy (non-hydrogen) atoms. The fourth-order valence-electron chi connectivity index (χ4n) is 2.98. The maximum absolute atomic E-state index is 12.6. The second kappa shape index (κ2) is 5.26. The zero-order valence-corrected chi connectivity index (χ0v) is 12.8. The van der Waals surface area contributed by atoms with Gasteiger partial charge >= 0.3 is 0 Å². The number of carbonyl (C=O) groups excluding carboxylic acids is 1. The molecule has 112 valence electrons. The van der Waals surface area contributed by atoms with E-state index in [0.29, 0.717) is 12.3 Å². The van der Waals surface area contributed by atoms with Crippen LogP contribution < -0.4 is 5.73 Å². The van der Waals surface area contributed by atoms with Crippen molar-refractivity contribution < 1.29 is 4.79 Å². The molecule has 1 fully saturated rings. The first-order valence-corrected chi connectivity index (χ1v) is 7.80. The SMILES string of the molecule is CCCn1c(CC(=O)C(C)(N)C2CC2)nc2ccccc21. The Labute approximate surface area is 125 Å². The van der Waals surface area contributed by atoms with Crippen LogP contribution in [0, 0.1) is 5.92 Å². The normalized spacial score (nSPS) is 17.9. The smallest absolute Gasteiger partial charge is 0.160 e. The average Bonchev–Trinajstić information content (AvgIpc) is 3.26. The van der Waals surface area contributed by atoms with Gasteiger partial charge in [-0.05, 0) is 44.2 Å². The van der Waals surface area contributed by atoms with Crippen LogP contribution in [0.4, 0.5) is 0 Å². The molecule has 4 nitrogen and oxygen atoms in total. The van der Waals surface area contributed by atoms with Crippen LogP contribution in [0.3, 0.4) is 0 Å². The number of hydrogen-bond acceptors (Lipinski definition) is 3. The fraction of sp³-hybridized carbons (Fsp3) is 0.529. The molecule has 0 radical (unpaired) electrons. The summed E-state index contributed by atoms with van der Waals surface area (Å²) in [5, 5.41) is 0. The van der Waals surface area contributed by atoms with E-state index in [1.165, 1.54) is 0 Å². The monoisotopic (exact) mass is 285 g/mol. The van der Waals surface area contributed by atoms with Crippen LogP contribution in [0.2, 0.25) is 0 Å². The lowest BCUT2D eigenvalue weighted by molar-refractivity contribution is -0.123. The lowest BCUT2D eigenvalue weighted by atomic mass is 9.90. The number of aromatic nitrogens is 2. The number of aryl methyl sites for hydroxylation is 1. The van der Waals surface area contributed by atoms with Gasteiger partial charge in [0.2, 0.25) is 0 Å². The summed E-state index contributed by atoms with van der Waals surface area (Å²) in [7, 11) is 0. The van der Waals surface area contributed by atoms with E-state index >= 15 is 0 Å². The standard InChI is InChI=1S/C17H23N3O/c1-3-10-20-14-7-5-4-6-13(14)19-16(20)11-15(21)17(2,18)12-8-9-12/h4-7,12H,3,8-11,18H2,1-2H3.